The Morgan fingerprint density at radius 2 is 1.47 bits per heavy atom. The van der Waals surface area contributed by atoms with E-state index in [1.54, 1.807) is 0 Å². The van der Waals surface area contributed by atoms with Crippen LogP contribution in [0.4, 0.5) is 0 Å². The summed E-state index contributed by atoms with van der Waals surface area (Å²) in [6.45, 7) is 2.23. The molecule has 1 heteroatoms. The molecule has 0 amide bonds. The molecule has 0 radical (unpaired) electrons. The molecule has 2 aliphatic rings. The van der Waals surface area contributed by atoms with Gasteiger partial charge < -0.3 is 0 Å². The Balaban J connectivity index is 1.98. The summed E-state index contributed by atoms with van der Waals surface area (Å²) in [7, 11) is 0. The minimum absolute atomic E-state index is 0.0558. The van der Waals surface area contributed by atoms with Gasteiger partial charge in [-0.15, -0.1) is 0 Å². The van der Waals surface area contributed by atoms with Crippen molar-refractivity contribution < 1.29 is 4.79 Å². The fourth-order valence-corrected chi connectivity index (χ4v) is 3.44. The standard InChI is InChI=1S/C14H24O/c1-14(10-6-3-7-11-14)13(15)12-8-4-2-5-9-12/h12H,2-11H2,1H3. The molecule has 0 saturated heterocycles. The zero-order valence-corrected chi connectivity index (χ0v) is 10.1. The number of hydrogen-bond donors (Lipinski definition) is 0. The Morgan fingerprint density at radius 3 is 2.07 bits per heavy atom. The lowest BCUT2D eigenvalue weighted by atomic mass is 9.67. The average molecular weight is 208 g/mol. The van der Waals surface area contributed by atoms with E-state index in [-0.39, 0.29) is 5.41 Å². The highest BCUT2D eigenvalue weighted by molar-refractivity contribution is 5.86. The van der Waals surface area contributed by atoms with Crippen LogP contribution in [0.15, 0.2) is 0 Å². The quantitative estimate of drug-likeness (QED) is 0.667. The van der Waals surface area contributed by atoms with Crippen LogP contribution in [-0.4, -0.2) is 5.78 Å². The summed E-state index contributed by atoms with van der Waals surface area (Å²) in [5, 5.41) is 0. The van der Waals surface area contributed by atoms with Crippen LogP contribution in [0.5, 0.6) is 0 Å². The number of Topliss-reactive ketones (excluding diaryl/α,β-unsaturated/α-hetero) is 1. The minimum Gasteiger partial charge on any atom is -0.299 e. The van der Waals surface area contributed by atoms with Crippen molar-refractivity contribution in [3.8, 4) is 0 Å². The van der Waals surface area contributed by atoms with Crippen LogP contribution in [0.3, 0.4) is 0 Å². The maximum Gasteiger partial charge on any atom is 0.141 e. The number of ketones is 1. The number of carbonyl (C=O) groups is 1. The van der Waals surface area contributed by atoms with E-state index in [0.29, 0.717) is 11.7 Å². The van der Waals surface area contributed by atoms with Crippen LogP contribution in [0, 0.1) is 11.3 Å². The van der Waals surface area contributed by atoms with E-state index in [1.165, 1.54) is 51.4 Å². The molecular weight excluding hydrogens is 184 g/mol. The number of carbonyl (C=O) groups excluding carboxylic acids is 1. The highest BCUT2D eigenvalue weighted by Crippen LogP contribution is 2.41. The molecule has 0 aromatic heterocycles. The molecule has 2 fully saturated rings. The molecular formula is C14H24O. The molecule has 0 atom stereocenters. The van der Waals surface area contributed by atoms with E-state index in [0.717, 1.165) is 12.8 Å². The Labute approximate surface area is 93.6 Å². The van der Waals surface area contributed by atoms with Gasteiger partial charge in [0.15, 0.2) is 0 Å². The second-order valence-corrected chi connectivity index (χ2v) is 5.82. The highest BCUT2D eigenvalue weighted by atomic mass is 16.1. The zero-order chi connectivity index (χ0) is 10.7. The molecule has 2 aliphatic carbocycles. The predicted molar refractivity (Wildman–Crippen MR) is 62.8 cm³/mol. The molecule has 0 bridgehead atoms. The van der Waals surface area contributed by atoms with Crippen molar-refractivity contribution in [3.63, 3.8) is 0 Å². The fourth-order valence-electron chi connectivity index (χ4n) is 3.44. The topological polar surface area (TPSA) is 17.1 Å². The summed E-state index contributed by atoms with van der Waals surface area (Å²) in [6.07, 6.45) is 12.5. The van der Waals surface area contributed by atoms with Crippen molar-refractivity contribution >= 4 is 5.78 Å². The lowest BCUT2D eigenvalue weighted by Crippen LogP contribution is -2.36. The molecule has 1 nitrogen and oxygen atoms in total. The van der Waals surface area contributed by atoms with E-state index >= 15 is 0 Å². The van der Waals surface area contributed by atoms with Gasteiger partial charge in [-0.05, 0) is 25.7 Å². The molecule has 0 spiro atoms. The summed E-state index contributed by atoms with van der Waals surface area (Å²) in [6, 6.07) is 0. The van der Waals surface area contributed by atoms with Crippen molar-refractivity contribution in [1.82, 2.24) is 0 Å². The van der Waals surface area contributed by atoms with Crippen LogP contribution in [0.2, 0.25) is 0 Å². The monoisotopic (exact) mass is 208 g/mol. The number of hydrogen-bond acceptors (Lipinski definition) is 1. The first kappa shape index (κ1) is 11.2. The van der Waals surface area contributed by atoms with Crippen molar-refractivity contribution in [2.45, 2.75) is 71.1 Å². The van der Waals surface area contributed by atoms with Crippen LogP contribution in [0.25, 0.3) is 0 Å². The molecule has 15 heavy (non-hydrogen) atoms. The van der Waals surface area contributed by atoms with Crippen LogP contribution < -0.4 is 0 Å². The van der Waals surface area contributed by atoms with Gasteiger partial charge in [-0.1, -0.05) is 45.4 Å². The van der Waals surface area contributed by atoms with Crippen LogP contribution in [0.1, 0.15) is 71.1 Å². The second-order valence-electron chi connectivity index (χ2n) is 5.82. The molecule has 0 heterocycles. The second kappa shape index (κ2) is 4.67. The molecule has 0 aromatic carbocycles. The summed E-state index contributed by atoms with van der Waals surface area (Å²) < 4.78 is 0. The molecule has 86 valence electrons. The normalized spacial score (nSPS) is 27.5. The first-order chi connectivity index (χ1) is 7.22. The van der Waals surface area contributed by atoms with Crippen molar-refractivity contribution in [3.05, 3.63) is 0 Å². The lowest BCUT2D eigenvalue weighted by Gasteiger charge is -2.36. The molecule has 2 saturated carbocycles. The summed E-state index contributed by atoms with van der Waals surface area (Å²) >= 11 is 0. The lowest BCUT2D eigenvalue weighted by molar-refractivity contribution is -0.134. The Hall–Kier alpha value is -0.330. The van der Waals surface area contributed by atoms with Crippen molar-refractivity contribution in [2.24, 2.45) is 11.3 Å². The highest BCUT2D eigenvalue weighted by Gasteiger charge is 2.38. The summed E-state index contributed by atoms with van der Waals surface area (Å²) in [4.78, 5) is 12.5. The maximum atomic E-state index is 12.5. The largest absolute Gasteiger partial charge is 0.299 e. The van der Waals surface area contributed by atoms with E-state index in [2.05, 4.69) is 6.92 Å². The van der Waals surface area contributed by atoms with E-state index in [9.17, 15) is 4.79 Å². The molecule has 2 rings (SSSR count). The van der Waals surface area contributed by atoms with Gasteiger partial charge in [-0.25, -0.2) is 0 Å². The van der Waals surface area contributed by atoms with E-state index in [4.69, 9.17) is 0 Å². The van der Waals surface area contributed by atoms with Gasteiger partial charge in [-0.2, -0.15) is 0 Å². The molecule has 0 aromatic rings. The smallest absolute Gasteiger partial charge is 0.141 e. The van der Waals surface area contributed by atoms with Gasteiger partial charge in [-0.3, -0.25) is 4.79 Å². The van der Waals surface area contributed by atoms with Gasteiger partial charge in [0.2, 0.25) is 0 Å². The summed E-state index contributed by atoms with van der Waals surface area (Å²) in [5.74, 6) is 1.03. The zero-order valence-electron chi connectivity index (χ0n) is 10.1. The third kappa shape index (κ3) is 2.43. The van der Waals surface area contributed by atoms with Crippen molar-refractivity contribution in [1.29, 1.82) is 0 Å². The minimum atomic E-state index is 0.0558. The Bertz CT molecular complexity index is 219. The van der Waals surface area contributed by atoms with Gasteiger partial charge in [0, 0.05) is 11.3 Å². The van der Waals surface area contributed by atoms with Crippen LogP contribution >= 0.6 is 0 Å². The Morgan fingerprint density at radius 1 is 0.933 bits per heavy atom. The molecule has 0 N–H and O–H groups in total. The molecule has 0 unspecified atom stereocenters. The first-order valence-electron chi connectivity index (χ1n) is 6.77. The SMILES string of the molecule is CC1(C(=O)C2CCCCC2)CCCCC1. The third-order valence-electron chi connectivity index (χ3n) is 4.53. The summed E-state index contributed by atoms with van der Waals surface area (Å²) in [5.41, 5.74) is 0.0558. The number of rotatable bonds is 2. The van der Waals surface area contributed by atoms with Crippen molar-refractivity contribution in [2.75, 3.05) is 0 Å². The fraction of sp³-hybridized carbons (Fsp3) is 0.929. The van der Waals surface area contributed by atoms with E-state index in [1.807, 2.05) is 0 Å². The van der Waals surface area contributed by atoms with Gasteiger partial charge in [0.05, 0.1) is 0 Å². The predicted octanol–water partition coefficient (Wildman–Crippen LogP) is 4.11. The maximum absolute atomic E-state index is 12.5. The van der Waals surface area contributed by atoms with Gasteiger partial charge in [0.25, 0.3) is 0 Å². The van der Waals surface area contributed by atoms with E-state index < -0.39 is 0 Å². The van der Waals surface area contributed by atoms with Gasteiger partial charge >= 0.3 is 0 Å². The third-order valence-corrected chi connectivity index (χ3v) is 4.53. The molecule has 0 aliphatic heterocycles. The van der Waals surface area contributed by atoms with Gasteiger partial charge in [0.1, 0.15) is 5.78 Å². The van der Waals surface area contributed by atoms with Crippen LogP contribution in [-0.2, 0) is 4.79 Å². The Kier molecular flexibility index (Phi) is 3.48. The first-order valence-corrected chi connectivity index (χ1v) is 6.77. The average Bonchev–Trinajstić information content (AvgIpc) is 2.30.